The van der Waals surface area contributed by atoms with Gasteiger partial charge < -0.3 is 10.1 Å². The van der Waals surface area contributed by atoms with Gasteiger partial charge in [0, 0.05) is 10.7 Å². The second kappa shape index (κ2) is 6.73. The summed E-state index contributed by atoms with van der Waals surface area (Å²) in [5.74, 6) is 0.747. The fraction of sp³-hybridized carbons (Fsp3) is 0.316. The van der Waals surface area contributed by atoms with E-state index in [2.05, 4.69) is 12.2 Å². The normalized spacial score (nSPS) is 16.3. The van der Waals surface area contributed by atoms with Crippen LogP contribution in [-0.2, 0) is 0 Å². The zero-order valence-electron chi connectivity index (χ0n) is 14.1. The average molecular weight is 345 g/mol. The Labute approximate surface area is 147 Å². The van der Waals surface area contributed by atoms with Crippen LogP contribution in [0.2, 0.25) is 5.02 Å². The molecule has 3 rings (SSSR count). The van der Waals surface area contributed by atoms with E-state index in [0.717, 1.165) is 34.7 Å². The molecule has 0 saturated heterocycles. The first-order valence-electron chi connectivity index (χ1n) is 8.10. The third kappa shape index (κ3) is 3.34. The first-order valence-corrected chi connectivity index (χ1v) is 8.47. The molecule has 0 spiro atoms. The van der Waals surface area contributed by atoms with E-state index < -0.39 is 0 Å². The lowest BCUT2D eigenvalue weighted by atomic mass is 10.1. The Balaban J connectivity index is 1.91. The number of nitrogens with one attached hydrogen (secondary N) is 1. The van der Waals surface area contributed by atoms with Crippen molar-refractivity contribution in [2.45, 2.75) is 33.3 Å². The fourth-order valence-electron chi connectivity index (χ4n) is 2.77. The molecule has 1 aliphatic rings. The molecule has 2 aromatic rings. The number of benzene rings is 2. The molecule has 0 saturated carbocycles. The third-order valence-corrected chi connectivity index (χ3v) is 4.46. The molecule has 0 bridgehead atoms. The van der Waals surface area contributed by atoms with Crippen LogP contribution in [0.1, 0.15) is 24.5 Å². The molecule has 1 unspecified atom stereocenters. The highest BCUT2D eigenvalue weighted by molar-refractivity contribution is 6.31. The zero-order chi connectivity index (χ0) is 17.3. The molecule has 1 N–H and O–H groups in total. The second-order valence-electron chi connectivity index (χ2n) is 6.12. The van der Waals surface area contributed by atoms with Crippen LogP contribution in [0.15, 0.2) is 36.4 Å². The Bertz CT molecular complexity index is 776. The van der Waals surface area contributed by atoms with Gasteiger partial charge in [-0.15, -0.1) is 0 Å². The van der Waals surface area contributed by atoms with Crippen LogP contribution in [0.4, 0.5) is 16.2 Å². The van der Waals surface area contributed by atoms with Crippen LogP contribution >= 0.6 is 11.6 Å². The van der Waals surface area contributed by atoms with Crippen LogP contribution in [0.25, 0.3) is 0 Å². The number of aryl methyl sites for hydroxylation is 2. The number of ether oxygens (including phenoxy) is 1. The van der Waals surface area contributed by atoms with Crippen molar-refractivity contribution < 1.29 is 9.53 Å². The van der Waals surface area contributed by atoms with Gasteiger partial charge in [-0.25, -0.2) is 4.79 Å². The van der Waals surface area contributed by atoms with Crippen molar-refractivity contribution >= 4 is 29.0 Å². The van der Waals surface area contributed by atoms with Crippen LogP contribution in [0.5, 0.6) is 5.75 Å². The van der Waals surface area contributed by atoms with E-state index in [9.17, 15) is 4.79 Å². The molecular formula is C19H21ClN2O2. The van der Waals surface area contributed by atoms with Gasteiger partial charge in [0.15, 0.2) is 0 Å². The third-order valence-electron chi connectivity index (χ3n) is 4.23. The van der Waals surface area contributed by atoms with Crippen molar-refractivity contribution in [1.82, 2.24) is 0 Å². The zero-order valence-corrected chi connectivity index (χ0v) is 14.9. The topological polar surface area (TPSA) is 41.6 Å². The molecule has 1 atom stereocenters. The molecule has 1 heterocycles. The standard InChI is InChI=1S/C19H21ClN2O2/c1-4-15-11-22(17-9-12(2)5-8-18(17)24-15)19(23)21-16-10-14(20)7-6-13(16)3/h5-10,15H,4,11H2,1-3H3,(H,21,23). The molecule has 0 aliphatic carbocycles. The SMILES string of the molecule is CCC1CN(C(=O)Nc2cc(Cl)ccc2C)c2cc(C)ccc2O1. The maximum absolute atomic E-state index is 12.9. The van der Waals surface area contributed by atoms with Crippen molar-refractivity contribution in [3.8, 4) is 5.75 Å². The van der Waals surface area contributed by atoms with Crippen molar-refractivity contribution in [2.24, 2.45) is 0 Å². The van der Waals surface area contributed by atoms with Crippen molar-refractivity contribution in [2.75, 3.05) is 16.8 Å². The largest absolute Gasteiger partial charge is 0.486 e. The molecule has 24 heavy (non-hydrogen) atoms. The Hall–Kier alpha value is -2.20. The van der Waals surface area contributed by atoms with E-state index >= 15 is 0 Å². The number of fused-ring (bicyclic) bond motifs is 1. The van der Waals surface area contributed by atoms with E-state index in [-0.39, 0.29) is 12.1 Å². The minimum Gasteiger partial charge on any atom is -0.486 e. The number of nitrogens with zero attached hydrogens (tertiary/aromatic N) is 1. The summed E-state index contributed by atoms with van der Waals surface area (Å²) in [6.45, 7) is 6.53. The van der Waals surface area contributed by atoms with Gasteiger partial charge in [-0.05, 0) is 55.7 Å². The molecule has 2 aromatic carbocycles. The Kier molecular flexibility index (Phi) is 4.67. The number of carbonyl (C=O) groups is 1. The van der Waals surface area contributed by atoms with Crippen LogP contribution < -0.4 is 15.0 Å². The van der Waals surface area contributed by atoms with E-state index in [1.54, 1.807) is 11.0 Å². The summed E-state index contributed by atoms with van der Waals surface area (Å²) in [6.07, 6.45) is 0.833. The molecule has 0 fully saturated rings. The van der Waals surface area contributed by atoms with Gasteiger partial charge in [0.1, 0.15) is 11.9 Å². The van der Waals surface area contributed by atoms with E-state index in [1.807, 2.05) is 44.2 Å². The minimum absolute atomic E-state index is 0.00795. The monoisotopic (exact) mass is 344 g/mol. The lowest BCUT2D eigenvalue weighted by molar-refractivity contribution is 0.188. The number of anilines is 2. The fourth-order valence-corrected chi connectivity index (χ4v) is 2.95. The minimum atomic E-state index is -0.172. The number of halogens is 1. The Morgan fingerprint density at radius 2 is 2.08 bits per heavy atom. The molecule has 0 radical (unpaired) electrons. The van der Waals surface area contributed by atoms with Gasteiger partial charge in [0.25, 0.3) is 0 Å². The maximum Gasteiger partial charge on any atom is 0.326 e. The summed E-state index contributed by atoms with van der Waals surface area (Å²) >= 11 is 6.05. The number of rotatable bonds is 2. The van der Waals surface area contributed by atoms with Gasteiger partial charge in [0.2, 0.25) is 0 Å². The predicted octanol–water partition coefficient (Wildman–Crippen LogP) is 5.17. The van der Waals surface area contributed by atoms with Gasteiger partial charge in [-0.1, -0.05) is 30.7 Å². The van der Waals surface area contributed by atoms with Crippen LogP contribution in [0, 0.1) is 13.8 Å². The molecule has 126 valence electrons. The molecule has 4 nitrogen and oxygen atoms in total. The highest BCUT2D eigenvalue weighted by atomic mass is 35.5. The highest BCUT2D eigenvalue weighted by Gasteiger charge is 2.29. The highest BCUT2D eigenvalue weighted by Crippen LogP contribution is 2.35. The first-order chi connectivity index (χ1) is 11.5. The van der Waals surface area contributed by atoms with Crippen LogP contribution in [-0.4, -0.2) is 18.7 Å². The number of hydrogen-bond acceptors (Lipinski definition) is 2. The first kappa shape index (κ1) is 16.7. The van der Waals surface area contributed by atoms with Crippen molar-refractivity contribution in [3.63, 3.8) is 0 Å². The van der Waals surface area contributed by atoms with Gasteiger partial charge in [-0.3, -0.25) is 4.90 Å². The maximum atomic E-state index is 12.9. The van der Waals surface area contributed by atoms with Gasteiger partial charge in [-0.2, -0.15) is 0 Å². The Morgan fingerprint density at radius 3 is 2.83 bits per heavy atom. The van der Waals surface area contributed by atoms with Crippen LogP contribution in [0.3, 0.4) is 0 Å². The van der Waals surface area contributed by atoms with E-state index in [0.29, 0.717) is 11.6 Å². The van der Waals surface area contributed by atoms with E-state index in [1.165, 1.54) is 0 Å². The lowest BCUT2D eigenvalue weighted by Crippen LogP contribution is -2.45. The van der Waals surface area contributed by atoms with Crippen molar-refractivity contribution in [3.05, 3.63) is 52.5 Å². The Morgan fingerprint density at radius 1 is 1.29 bits per heavy atom. The summed E-state index contributed by atoms with van der Waals surface area (Å²) in [4.78, 5) is 14.6. The molecular weight excluding hydrogens is 324 g/mol. The molecule has 1 aliphatic heterocycles. The van der Waals surface area contributed by atoms with E-state index in [4.69, 9.17) is 16.3 Å². The summed E-state index contributed by atoms with van der Waals surface area (Å²) < 4.78 is 5.97. The summed E-state index contributed by atoms with van der Waals surface area (Å²) in [5, 5.41) is 3.57. The molecule has 0 aromatic heterocycles. The number of carbonyl (C=O) groups excluding carboxylic acids is 1. The molecule has 2 amide bonds. The van der Waals surface area contributed by atoms with Gasteiger partial charge in [0.05, 0.1) is 12.2 Å². The summed E-state index contributed by atoms with van der Waals surface area (Å²) in [6, 6.07) is 11.2. The number of hydrogen-bond donors (Lipinski definition) is 1. The van der Waals surface area contributed by atoms with Crippen molar-refractivity contribution in [1.29, 1.82) is 0 Å². The second-order valence-corrected chi connectivity index (χ2v) is 6.56. The predicted molar refractivity (Wildman–Crippen MR) is 98.4 cm³/mol. The average Bonchev–Trinajstić information content (AvgIpc) is 2.57. The van der Waals surface area contributed by atoms with Gasteiger partial charge >= 0.3 is 6.03 Å². The lowest BCUT2D eigenvalue weighted by Gasteiger charge is -2.35. The number of urea groups is 1. The number of amides is 2. The molecule has 5 heteroatoms. The smallest absolute Gasteiger partial charge is 0.326 e. The summed E-state index contributed by atoms with van der Waals surface area (Å²) in [7, 11) is 0. The quantitative estimate of drug-likeness (QED) is 0.816. The summed E-state index contributed by atoms with van der Waals surface area (Å²) in [5.41, 5.74) is 3.58.